The molecule has 3 rings (SSSR count). The van der Waals surface area contributed by atoms with Gasteiger partial charge in [0.05, 0.1) is 35.5 Å². The molecule has 1 aromatic carbocycles. The fourth-order valence-corrected chi connectivity index (χ4v) is 2.87. The van der Waals surface area contributed by atoms with Gasteiger partial charge in [-0.2, -0.15) is 5.10 Å². The summed E-state index contributed by atoms with van der Waals surface area (Å²) in [6.45, 7) is 6.38. The number of rotatable bonds is 3. The Morgan fingerprint density at radius 1 is 1.38 bits per heavy atom. The number of non-ortho nitro benzene ring substituents is 1. The van der Waals surface area contributed by atoms with E-state index < -0.39 is 0 Å². The molecule has 0 saturated carbocycles. The lowest BCUT2D eigenvalue weighted by atomic mass is 10.2. The van der Waals surface area contributed by atoms with E-state index in [9.17, 15) is 10.1 Å². The van der Waals surface area contributed by atoms with E-state index in [1.165, 1.54) is 6.07 Å². The number of nitro benzene ring substituents is 1. The Kier molecular flexibility index (Phi) is 3.60. The van der Waals surface area contributed by atoms with E-state index in [0.29, 0.717) is 6.67 Å². The van der Waals surface area contributed by atoms with Crippen LogP contribution in [0.1, 0.15) is 13.8 Å². The molecule has 7 nitrogen and oxygen atoms in total. The van der Waals surface area contributed by atoms with Gasteiger partial charge in [-0.1, -0.05) is 0 Å². The standard InChI is InChI=1S/C14H18N4O3/c1-10-7-16(8-11(2)21-10)9-17-14-5-13(18(19)20)4-3-12(14)6-15-17/h3-6,10-11H,7-9H2,1-2H3/t10-,11+. The highest BCUT2D eigenvalue weighted by molar-refractivity contribution is 5.80. The van der Waals surface area contributed by atoms with E-state index in [2.05, 4.69) is 23.8 Å². The van der Waals surface area contributed by atoms with Crippen LogP contribution in [0.15, 0.2) is 24.4 Å². The quantitative estimate of drug-likeness (QED) is 0.638. The molecule has 1 fully saturated rings. The van der Waals surface area contributed by atoms with Gasteiger partial charge < -0.3 is 4.74 Å². The summed E-state index contributed by atoms with van der Waals surface area (Å²) in [5.41, 5.74) is 0.879. The first-order valence-electron chi connectivity index (χ1n) is 7.00. The Morgan fingerprint density at radius 2 is 2.10 bits per heavy atom. The average Bonchev–Trinajstić information content (AvgIpc) is 2.80. The highest BCUT2D eigenvalue weighted by Gasteiger charge is 2.23. The molecule has 112 valence electrons. The van der Waals surface area contributed by atoms with Crippen molar-refractivity contribution >= 4 is 16.6 Å². The Bertz CT molecular complexity index is 659. The molecule has 0 N–H and O–H groups in total. The molecule has 2 aromatic rings. The summed E-state index contributed by atoms with van der Waals surface area (Å²) in [7, 11) is 0. The van der Waals surface area contributed by atoms with E-state index in [1.807, 2.05) is 4.68 Å². The summed E-state index contributed by atoms with van der Waals surface area (Å²) in [6.07, 6.45) is 2.11. The maximum absolute atomic E-state index is 10.9. The van der Waals surface area contributed by atoms with Crippen molar-refractivity contribution in [1.29, 1.82) is 0 Å². The lowest BCUT2D eigenvalue weighted by molar-refractivity contribution is -0.384. The smallest absolute Gasteiger partial charge is 0.271 e. The lowest BCUT2D eigenvalue weighted by Crippen LogP contribution is -2.45. The molecule has 0 amide bonds. The number of morpholine rings is 1. The van der Waals surface area contributed by atoms with Gasteiger partial charge in [-0.05, 0) is 19.9 Å². The summed E-state index contributed by atoms with van der Waals surface area (Å²) in [6, 6.07) is 4.82. The number of ether oxygens (including phenoxy) is 1. The number of aromatic nitrogens is 2. The highest BCUT2D eigenvalue weighted by Crippen LogP contribution is 2.21. The number of hydrogen-bond acceptors (Lipinski definition) is 5. The van der Waals surface area contributed by atoms with Crippen LogP contribution in [0.3, 0.4) is 0 Å². The van der Waals surface area contributed by atoms with Crippen LogP contribution in [0, 0.1) is 10.1 Å². The molecular formula is C14H18N4O3. The maximum Gasteiger partial charge on any atom is 0.271 e. The van der Waals surface area contributed by atoms with Crippen molar-refractivity contribution in [2.24, 2.45) is 0 Å². The summed E-state index contributed by atoms with van der Waals surface area (Å²) >= 11 is 0. The zero-order chi connectivity index (χ0) is 15.0. The first-order valence-corrected chi connectivity index (χ1v) is 7.00. The van der Waals surface area contributed by atoms with Crippen molar-refractivity contribution in [2.75, 3.05) is 13.1 Å². The number of fused-ring (bicyclic) bond motifs is 1. The highest BCUT2D eigenvalue weighted by atomic mass is 16.6. The molecule has 21 heavy (non-hydrogen) atoms. The molecule has 1 aromatic heterocycles. The van der Waals surface area contributed by atoms with Gasteiger partial charge in [0.2, 0.25) is 0 Å². The topological polar surface area (TPSA) is 73.4 Å². The third-order valence-electron chi connectivity index (χ3n) is 3.67. The first kappa shape index (κ1) is 14.0. The van der Waals surface area contributed by atoms with Crippen LogP contribution in [-0.4, -0.2) is 44.9 Å². The van der Waals surface area contributed by atoms with E-state index in [0.717, 1.165) is 24.0 Å². The number of benzene rings is 1. The minimum absolute atomic E-state index is 0.0907. The summed E-state index contributed by atoms with van der Waals surface area (Å²) in [5, 5.41) is 16.2. The van der Waals surface area contributed by atoms with Gasteiger partial charge in [0.15, 0.2) is 0 Å². The van der Waals surface area contributed by atoms with Gasteiger partial charge in [0.25, 0.3) is 5.69 Å². The molecule has 2 atom stereocenters. The molecule has 0 aliphatic carbocycles. The van der Waals surface area contributed by atoms with Crippen LogP contribution in [-0.2, 0) is 11.4 Å². The molecule has 0 unspecified atom stereocenters. The van der Waals surface area contributed by atoms with Crippen molar-refractivity contribution < 1.29 is 9.66 Å². The van der Waals surface area contributed by atoms with Crippen molar-refractivity contribution in [1.82, 2.24) is 14.7 Å². The molecule has 0 spiro atoms. The zero-order valence-electron chi connectivity index (χ0n) is 12.1. The van der Waals surface area contributed by atoms with Gasteiger partial charge in [0.1, 0.15) is 0 Å². The van der Waals surface area contributed by atoms with Gasteiger partial charge in [-0.15, -0.1) is 0 Å². The monoisotopic (exact) mass is 290 g/mol. The Morgan fingerprint density at radius 3 is 2.76 bits per heavy atom. The fraction of sp³-hybridized carbons (Fsp3) is 0.500. The minimum atomic E-state index is -0.379. The predicted molar refractivity (Wildman–Crippen MR) is 78.0 cm³/mol. The zero-order valence-corrected chi connectivity index (χ0v) is 12.1. The van der Waals surface area contributed by atoms with E-state index in [1.54, 1.807) is 18.3 Å². The second-order valence-electron chi connectivity index (χ2n) is 5.58. The number of nitro groups is 1. The molecular weight excluding hydrogens is 272 g/mol. The summed E-state index contributed by atoms with van der Waals surface area (Å²) in [5.74, 6) is 0. The van der Waals surface area contributed by atoms with Crippen LogP contribution in [0.2, 0.25) is 0 Å². The normalized spacial score (nSPS) is 23.5. The fourth-order valence-electron chi connectivity index (χ4n) is 2.87. The first-order chi connectivity index (χ1) is 10.0. The molecule has 1 saturated heterocycles. The van der Waals surface area contributed by atoms with E-state index in [-0.39, 0.29) is 22.8 Å². The lowest BCUT2D eigenvalue weighted by Gasteiger charge is -2.35. The molecule has 1 aliphatic rings. The third kappa shape index (κ3) is 2.88. The summed E-state index contributed by atoms with van der Waals surface area (Å²) < 4.78 is 7.53. The molecule has 7 heteroatoms. The van der Waals surface area contributed by atoms with Crippen molar-refractivity contribution in [3.63, 3.8) is 0 Å². The van der Waals surface area contributed by atoms with Crippen LogP contribution < -0.4 is 0 Å². The van der Waals surface area contributed by atoms with Crippen LogP contribution in [0.25, 0.3) is 10.9 Å². The van der Waals surface area contributed by atoms with Crippen molar-refractivity contribution in [2.45, 2.75) is 32.7 Å². The average molecular weight is 290 g/mol. The largest absolute Gasteiger partial charge is 0.373 e. The van der Waals surface area contributed by atoms with Gasteiger partial charge in [0, 0.05) is 30.6 Å². The SMILES string of the molecule is C[C@@H]1CN(Cn2ncc3ccc([N+](=O)[O-])cc32)C[C@H](C)O1. The number of hydrogen-bond donors (Lipinski definition) is 0. The molecule has 1 aliphatic heterocycles. The van der Waals surface area contributed by atoms with E-state index in [4.69, 9.17) is 4.74 Å². The third-order valence-corrected chi connectivity index (χ3v) is 3.67. The second kappa shape index (κ2) is 5.42. The summed E-state index contributed by atoms with van der Waals surface area (Å²) in [4.78, 5) is 12.8. The maximum atomic E-state index is 10.9. The van der Waals surface area contributed by atoms with Crippen LogP contribution in [0.4, 0.5) is 5.69 Å². The van der Waals surface area contributed by atoms with Crippen LogP contribution >= 0.6 is 0 Å². The van der Waals surface area contributed by atoms with Crippen molar-refractivity contribution in [3.05, 3.63) is 34.5 Å². The Balaban J connectivity index is 1.86. The van der Waals surface area contributed by atoms with Gasteiger partial charge >= 0.3 is 0 Å². The van der Waals surface area contributed by atoms with Gasteiger partial charge in [-0.3, -0.25) is 19.7 Å². The Labute approximate surface area is 122 Å². The molecule has 0 radical (unpaired) electrons. The second-order valence-corrected chi connectivity index (χ2v) is 5.58. The van der Waals surface area contributed by atoms with Crippen molar-refractivity contribution in [3.8, 4) is 0 Å². The number of nitrogens with zero attached hydrogens (tertiary/aromatic N) is 4. The van der Waals surface area contributed by atoms with E-state index >= 15 is 0 Å². The minimum Gasteiger partial charge on any atom is -0.373 e. The predicted octanol–water partition coefficient (Wildman–Crippen LogP) is 2.01. The molecule has 0 bridgehead atoms. The molecule has 2 heterocycles. The van der Waals surface area contributed by atoms with Crippen LogP contribution in [0.5, 0.6) is 0 Å². The van der Waals surface area contributed by atoms with Gasteiger partial charge in [-0.25, -0.2) is 0 Å². The Hall–Kier alpha value is -1.99.